The number of aryl methyl sites for hydroxylation is 1. The van der Waals surface area contributed by atoms with E-state index in [4.69, 9.17) is 13.9 Å². The number of methoxy groups -OCH3 is 1. The summed E-state index contributed by atoms with van der Waals surface area (Å²) in [5.74, 6) is 3.12. The highest BCUT2D eigenvalue weighted by Crippen LogP contribution is 2.40. The maximum atomic E-state index is 10.7. The molecule has 1 aliphatic heterocycles. The van der Waals surface area contributed by atoms with Crippen molar-refractivity contribution in [1.82, 2.24) is 4.90 Å². The highest BCUT2D eigenvalue weighted by atomic mass is 32.1. The van der Waals surface area contributed by atoms with Gasteiger partial charge in [-0.3, -0.25) is 4.90 Å². The number of furan rings is 1. The number of β-amino-alcohol motifs (C(OH)–C–C–N with tert-alkyl or cyclic N) is 1. The number of likely N-dealkylation sites (tertiary alicyclic amines) is 1. The fourth-order valence-corrected chi connectivity index (χ4v) is 6.21. The maximum Gasteiger partial charge on any atom is 0.137 e. The van der Waals surface area contributed by atoms with Gasteiger partial charge in [0.15, 0.2) is 0 Å². The number of hydrogen-bond acceptors (Lipinski definition) is 6. The highest BCUT2D eigenvalue weighted by Gasteiger charge is 2.29. The molecule has 3 atom stereocenters. The van der Waals surface area contributed by atoms with Gasteiger partial charge in [-0.1, -0.05) is 12.1 Å². The van der Waals surface area contributed by atoms with Gasteiger partial charge in [0.2, 0.25) is 0 Å². The van der Waals surface area contributed by atoms with Gasteiger partial charge in [-0.2, -0.15) is 0 Å². The molecule has 5 rings (SSSR count). The van der Waals surface area contributed by atoms with Crippen molar-refractivity contribution < 1.29 is 19.0 Å². The van der Waals surface area contributed by atoms with E-state index in [1.54, 1.807) is 7.11 Å². The molecule has 5 nitrogen and oxygen atoms in total. The third-order valence-electron chi connectivity index (χ3n) is 6.70. The Morgan fingerprint density at radius 3 is 2.79 bits per heavy atom. The van der Waals surface area contributed by atoms with Crippen LogP contribution in [0.5, 0.6) is 11.5 Å². The summed E-state index contributed by atoms with van der Waals surface area (Å²) in [6.07, 6.45) is 1.65. The third kappa shape index (κ3) is 4.60. The predicted octanol–water partition coefficient (Wildman–Crippen LogP) is 5.97. The average molecular weight is 466 g/mol. The summed E-state index contributed by atoms with van der Waals surface area (Å²) >= 11 is 1.88. The van der Waals surface area contributed by atoms with E-state index < -0.39 is 6.10 Å². The van der Waals surface area contributed by atoms with Crippen LogP contribution in [-0.2, 0) is 0 Å². The number of benzene rings is 2. The van der Waals surface area contributed by atoms with Gasteiger partial charge in [0, 0.05) is 27.5 Å². The molecule has 4 aromatic rings. The molecule has 1 aliphatic rings. The molecular formula is C27H31NO4S. The average Bonchev–Trinajstić information content (AvgIpc) is 3.41. The molecule has 0 radical (unpaired) electrons. The number of thiophene rings is 1. The monoisotopic (exact) mass is 465 g/mol. The van der Waals surface area contributed by atoms with Gasteiger partial charge >= 0.3 is 0 Å². The Morgan fingerprint density at radius 1 is 1.15 bits per heavy atom. The molecule has 1 N–H and O–H groups in total. The van der Waals surface area contributed by atoms with Crippen LogP contribution in [-0.4, -0.2) is 49.0 Å². The topological polar surface area (TPSA) is 55.1 Å². The minimum absolute atomic E-state index is 0.270. The first kappa shape index (κ1) is 22.3. The largest absolute Gasteiger partial charge is 0.496 e. The first-order valence-corrected chi connectivity index (χ1v) is 12.4. The Hall–Kier alpha value is -2.54. The van der Waals surface area contributed by atoms with Crippen LogP contribution in [0.1, 0.15) is 36.3 Å². The van der Waals surface area contributed by atoms with E-state index in [-0.39, 0.29) is 6.61 Å². The summed E-state index contributed by atoms with van der Waals surface area (Å²) < 4.78 is 18.5. The van der Waals surface area contributed by atoms with E-state index in [1.165, 1.54) is 15.0 Å². The van der Waals surface area contributed by atoms with Crippen LogP contribution in [0, 0.1) is 6.92 Å². The van der Waals surface area contributed by atoms with Gasteiger partial charge in [0.1, 0.15) is 35.6 Å². The molecule has 1 fully saturated rings. The zero-order chi connectivity index (χ0) is 22.9. The van der Waals surface area contributed by atoms with Gasteiger partial charge in [-0.05, 0) is 75.5 Å². The van der Waals surface area contributed by atoms with Crippen LogP contribution in [0.25, 0.3) is 21.1 Å². The SMILES string of the molecule is COc1cccc2sc([C@@H]3CCN(C[C@H](O)COc4cccc5oc(C)cc45)[C@H](C)C3)cc12. The quantitative estimate of drug-likeness (QED) is 0.364. The zero-order valence-electron chi connectivity index (χ0n) is 19.4. The Balaban J connectivity index is 1.18. The van der Waals surface area contributed by atoms with Gasteiger partial charge in [0.25, 0.3) is 0 Å². The smallest absolute Gasteiger partial charge is 0.137 e. The Morgan fingerprint density at radius 2 is 1.97 bits per heavy atom. The van der Waals surface area contributed by atoms with Crippen molar-refractivity contribution in [2.45, 2.75) is 44.8 Å². The lowest BCUT2D eigenvalue weighted by atomic mass is 9.90. The summed E-state index contributed by atoms with van der Waals surface area (Å²) in [7, 11) is 1.73. The van der Waals surface area contributed by atoms with Crippen molar-refractivity contribution >= 4 is 32.4 Å². The molecule has 0 unspecified atom stereocenters. The standard InChI is InChI=1S/C27H31NO4S/c1-17-12-19(27-14-22-23(30-3)6-5-9-26(22)33-27)10-11-28(17)15-20(29)16-31-24-7-4-8-25-21(24)13-18(2)32-25/h4-9,13-14,17,19-20,29H,10-12,15-16H2,1-3H3/t17-,19-,20+/m1/s1. The van der Waals surface area contributed by atoms with Crippen molar-refractivity contribution in [3.05, 3.63) is 59.2 Å². The Labute approximate surface area is 198 Å². The van der Waals surface area contributed by atoms with E-state index in [0.717, 1.165) is 47.6 Å². The maximum absolute atomic E-state index is 10.7. The summed E-state index contributed by atoms with van der Waals surface area (Å²) in [5, 5.41) is 12.9. The zero-order valence-corrected chi connectivity index (χ0v) is 20.2. The van der Waals surface area contributed by atoms with E-state index in [1.807, 2.05) is 48.6 Å². The number of aliphatic hydroxyl groups is 1. The van der Waals surface area contributed by atoms with Crippen LogP contribution in [0.15, 0.2) is 52.9 Å². The molecule has 174 valence electrons. The molecular weight excluding hydrogens is 434 g/mol. The second-order valence-corrected chi connectivity index (χ2v) is 10.2. The molecule has 1 saturated heterocycles. The fourth-order valence-electron chi connectivity index (χ4n) is 4.98. The van der Waals surface area contributed by atoms with Gasteiger partial charge in [-0.25, -0.2) is 0 Å². The van der Waals surface area contributed by atoms with E-state index in [9.17, 15) is 5.11 Å². The lowest BCUT2D eigenvalue weighted by molar-refractivity contribution is 0.0408. The molecule has 2 aromatic carbocycles. The van der Waals surface area contributed by atoms with E-state index in [2.05, 4.69) is 30.0 Å². The molecule has 33 heavy (non-hydrogen) atoms. The molecule has 3 heterocycles. The number of fused-ring (bicyclic) bond motifs is 2. The number of nitrogens with zero attached hydrogens (tertiary/aromatic N) is 1. The summed E-state index contributed by atoms with van der Waals surface area (Å²) in [6, 6.07) is 16.7. The highest BCUT2D eigenvalue weighted by molar-refractivity contribution is 7.19. The van der Waals surface area contributed by atoms with Crippen molar-refractivity contribution in [2.24, 2.45) is 0 Å². The minimum atomic E-state index is -0.541. The van der Waals surface area contributed by atoms with Crippen LogP contribution in [0.2, 0.25) is 0 Å². The first-order valence-electron chi connectivity index (χ1n) is 11.6. The van der Waals surface area contributed by atoms with Crippen LogP contribution in [0.4, 0.5) is 0 Å². The number of rotatable bonds is 7. The van der Waals surface area contributed by atoms with Gasteiger partial charge in [-0.15, -0.1) is 11.3 Å². The number of piperidine rings is 1. The lowest BCUT2D eigenvalue weighted by Gasteiger charge is -2.38. The van der Waals surface area contributed by atoms with Gasteiger partial charge in [0.05, 0.1) is 12.5 Å². The molecule has 0 spiro atoms. The molecule has 0 aliphatic carbocycles. The number of hydrogen-bond donors (Lipinski definition) is 1. The second-order valence-electron chi connectivity index (χ2n) is 9.08. The van der Waals surface area contributed by atoms with Crippen molar-refractivity contribution in [1.29, 1.82) is 0 Å². The van der Waals surface area contributed by atoms with Gasteiger partial charge < -0.3 is 19.0 Å². The van der Waals surface area contributed by atoms with Crippen molar-refractivity contribution in [2.75, 3.05) is 26.8 Å². The molecule has 0 saturated carbocycles. The predicted molar refractivity (Wildman–Crippen MR) is 134 cm³/mol. The molecule has 6 heteroatoms. The molecule has 2 aromatic heterocycles. The first-order chi connectivity index (χ1) is 16.0. The van der Waals surface area contributed by atoms with E-state index >= 15 is 0 Å². The Bertz CT molecular complexity index is 1250. The lowest BCUT2D eigenvalue weighted by Crippen LogP contribution is -2.45. The second kappa shape index (κ2) is 9.37. The molecule has 0 bridgehead atoms. The molecule has 0 amide bonds. The van der Waals surface area contributed by atoms with E-state index in [0.29, 0.717) is 18.5 Å². The minimum Gasteiger partial charge on any atom is -0.496 e. The number of aliphatic hydroxyl groups excluding tert-OH is 1. The van der Waals surface area contributed by atoms with Crippen LogP contribution < -0.4 is 9.47 Å². The van der Waals surface area contributed by atoms with Crippen molar-refractivity contribution in [3.8, 4) is 11.5 Å². The number of ether oxygens (including phenoxy) is 2. The Kier molecular flexibility index (Phi) is 6.32. The van der Waals surface area contributed by atoms with Crippen LogP contribution >= 0.6 is 11.3 Å². The summed E-state index contributed by atoms with van der Waals surface area (Å²) in [6.45, 7) is 6.06. The van der Waals surface area contributed by atoms with Crippen molar-refractivity contribution in [3.63, 3.8) is 0 Å². The van der Waals surface area contributed by atoms with Crippen LogP contribution in [0.3, 0.4) is 0 Å². The normalized spacial score (nSPS) is 20.4. The fraction of sp³-hybridized carbons (Fsp3) is 0.407. The third-order valence-corrected chi connectivity index (χ3v) is 7.96. The summed E-state index contributed by atoms with van der Waals surface area (Å²) in [5.41, 5.74) is 0.814. The summed E-state index contributed by atoms with van der Waals surface area (Å²) in [4.78, 5) is 3.83.